The Bertz CT molecular complexity index is 67.6. The van der Waals surface area contributed by atoms with E-state index >= 15 is 0 Å². The van der Waals surface area contributed by atoms with Gasteiger partial charge in [-0.2, -0.15) is 0 Å². The minimum atomic E-state index is 0.844. The number of hydrogen-bond donors (Lipinski definition) is 0. The van der Waals surface area contributed by atoms with Crippen LogP contribution in [0.5, 0.6) is 0 Å². The topological polar surface area (TPSA) is 9.23 Å². The zero-order valence-electron chi connectivity index (χ0n) is 13.5. The third kappa shape index (κ3) is 49.1. The van der Waals surface area contributed by atoms with E-state index in [1.807, 2.05) is 13.8 Å². The second kappa shape index (κ2) is 29.7. The van der Waals surface area contributed by atoms with Crippen LogP contribution in [0, 0.1) is 0 Å². The first-order valence-corrected chi connectivity index (χ1v) is 7.82. The molecule has 1 nitrogen and oxygen atoms in total. The number of hydrogen-bond acceptors (Lipinski definition) is 1. The molecule has 0 N–H and O–H groups in total. The van der Waals surface area contributed by atoms with E-state index in [2.05, 4.69) is 27.7 Å². The van der Waals surface area contributed by atoms with Crippen LogP contribution in [0.25, 0.3) is 0 Å². The predicted molar refractivity (Wildman–Crippen MR) is 81.8 cm³/mol. The molecular formula is C16H38O. The summed E-state index contributed by atoms with van der Waals surface area (Å²) < 4.78 is 4.83. The molecule has 0 fully saturated rings. The van der Waals surface area contributed by atoms with Crippen molar-refractivity contribution in [1.82, 2.24) is 0 Å². The van der Waals surface area contributed by atoms with Gasteiger partial charge in [-0.1, -0.05) is 79.1 Å². The van der Waals surface area contributed by atoms with Crippen LogP contribution in [-0.4, -0.2) is 13.2 Å². The Labute approximate surface area is 111 Å². The molecule has 0 atom stereocenters. The first-order valence-electron chi connectivity index (χ1n) is 7.82. The standard InChI is InChI=1S/C7H16.C5H12.C4H10O/c1-3-5-7-6-4-2;2*1-3-5-4-2/h3-7H2,1-2H3;3-5H2,1-2H3;3-4H2,1-2H3. The summed E-state index contributed by atoms with van der Waals surface area (Å²) in [5, 5.41) is 0. The van der Waals surface area contributed by atoms with Crippen LogP contribution in [0.4, 0.5) is 0 Å². The van der Waals surface area contributed by atoms with Crippen molar-refractivity contribution in [1.29, 1.82) is 0 Å². The van der Waals surface area contributed by atoms with Crippen LogP contribution in [0.15, 0.2) is 0 Å². The van der Waals surface area contributed by atoms with E-state index in [0.29, 0.717) is 0 Å². The minimum absolute atomic E-state index is 0.844. The van der Waals surface area contributed by atoms with Crippen LogP contribution in [0.2, 0.25) is 0 Å². The molecule has 0 aromatic carbocycles. The molecule has 0 amide bonds. The molecule has 0 saturated carbocycles. The fourth-order valence-corrected chi connectivity index (χ4v) is 1.23. The van der Waals surface area contributed by atoms with E-state index in [4.69, 9.17) is 4.74 Å². The van der Waals surface area contributed by atoms with E-state index in [1.54, 1.807) is 0 Å². The summed E-state index contributed by atoms with van der Waals surface area (Å²) >= 11 is 0. The Morgan fingerprint density at radius 1 is 0.471 bits per heavy atom. The summed E-state index contributed by atoms with van der Waals surface area (Å²) in [6.45, 7) is 14.6. The molecule has 108 valence electrons. The average Bonchev–Trinajstić information content (AvgIpc) is 2.33. The molecule has 0 heterocycles. The lowest BCUT2D eigenvalue weighted by molar-refractivity contribution is 0.162. The SMILES string of the molecule is CCCCC.CCCCCCC.CCOCC. The Morgan fingerprint density at radius 3 is 0.941 bits per heavy atom. The molecule has 0 aliphatic carbocycles. The molecule has 0 saturated heterocycles. The zero-order chi connectivity index (χ0) is 13.8. The maximum absolute atomic E-state index is 4.83. The Morgan fingerprint density at radius 2 is 0.824 bits per heavy atom. The van der Waals surface area contributed by atoms with E-state index < -0.39 is 0 Å². The number of unbranched alkanes of at least 4 members (excludes halogenated alkanes) is 6. The van der Waals surface area contributed by atoms with E-state index in [1.165, 1.54) is 51.4 Å². The second-order valence-corrected chi connectivity index (χ2v) is 4.20. The van der Waals surface area contributed by atoms with Gasteiger partial charge < -0.3 is 4.74 Å². The van der Waals surface area contributed by atoms with Crippen molar-refractivity contribution in [3.8, 4) is 0 Å². The predicted octanol–water partition coefficient (Wildman–Crippen LogP) is 6.22. The van der Waals surface area contributed by atoms with Gasteiger partial charge in [-0.05, 0) is 13.8 Å². The molecule has 1 heteroatoms. The smallest absolute Gasteiger partial charge is 0.0437 e. The van der Waals surface area contributed by atoms with E-state index in [9.17, 15) is 0 Å². The first kappa shape index (κ1) is 22.2. The highest BCUT2D eigenvalue weighted by Gasteiger charge is 1.80. The van der Waals surface area contributed by atoms with Gasteiger partial charge in [0, 0.05) is 13.2 Å². The lowest BCUT2D eigenvalue weighted by Crippen LogP contribution is -1.84. The third-order valence-electron chi connectivity index (χ3n) is 2.32. The lowest BCUT2D eigenvalue weighted by atomic mass is 10.2. The largest absolute Gasteiger partial charge is 0.382 e. The van der Waals surface area contributed by atoms with Gasteiger partial charge in [-0.25, -0.2) is 0 Å². The van der Waals surface area contributed by atoms with Gasteiger partial charge in [0.25, 0.3) is 0 Å². The van der Waals surface area contributed by atoms with Crippen molar-refractivity contribution in [3.63, 3.8) is 0 Å². The van der Waals surface area contributed by atoms with Crippen molar-refractivity contribution in [2.75, 3.05) is 13.2 Å². The Balaban J connectivity index is -0.000000177. The van der Waals surface area contributed by atoms with Crippen molar-refractivity contribution in [2.45, 2.75) is 92.9 Å². The third-order valence-corrected chi connectivity index (χ3v) is 2.32. The number of rotatable bonds is 8. The average molecular weight is 246 g/mol. The molecule has 0 bridgehead atoms. The lowest BCUT2D eigenvalue weighted by Gasteiger charge is -1.90. The van der Waals surface area contributed by atoms with Crippen molar-refractivity contribution >= 4 is 0 Å². The van der Waals surface area contributed by atoms with Gasteiger partial charge in [0.05, 0.1) is 0 Å². The van der Waals surface area contributed by atoms with Gasteiger partial charge in [0.1, 0.15) is 0 Å². The second-order valence-electron chi connectivity index (χ2n) is 4.20. The van der Waals surface area contributed by atoms with E-state index in [-0.39, 0.29) is 0 Å². The van der Waals surface area contributed by atoms with Gasteiger partial charge in [0.15, 0.2) is 0 Å². The normalized spacial score (nSPS) is 8.82. The van der Waals surface area contributed by atoms with Crippen LogP contribution in [0.1, 0.15) is 92.9 Å². The molecule has 0 radical (unpaired) electrons. The highest BCUT2D eigenvalue weighted by atomic mass is 16.5. The highest BCUT2D eigenvalue weighted by molar-refractivity contribution is 4.35. The monoisotopic (exact) mass is 246 g/mol. The summed E-state index contributed by atoms with van der Waals surface area (Å²) in [5.74, 6) is 0. The summed E-state index contributed by atoms with van der Waals surface area (Å²) in [7, 11) is 0. The fourth-order valence-electron chi connectivity index (χ4n) is 1.23. The number of ether oxygens (including phenoxy) is 1. The van der Waals surface area contributed by atoms with Crippen molar-refractivity contribution < 1.29 is 4.74 Å². The maximum atomic E-state index is 4.83. The minimum Gasteiger partial charge on any atom is -0.382 e. The Kier molecular flexibility index (Phi) is 38.8. The molecule has 0 spiro atoms. The molecule has 17 heavy (non-hydrogen) atoms. The van der Waals surface area contributed by atoms with Crippen LogP contribution >= 0.6 is 0 Å². The molecule has 0 aliphatic rings. The quantitative estimate of drug-likeness (QED) is 0.462. The van der Waals surface area contributed by atoms with Crippen LogP contribution in [-0.2, 0) is 4.74 Å². The molecular weight excluding hydrogens is 208 g/mol. The van der Waals surface area contributed by atoms with Crippen molar-refractivity contribution in [3.05, 3.63) is 0 Å². The van der Waals surface area contributed by atoms with Crippen LogP contribution < -0.4 is 0 Å². The van der Waals surface area contributed by atoms with Gasteiger partial charge >= 0.3 is 0 Å². The molecule has 0 aromatic rings. The van der Waals surface area contributed by atoms with Gasteiger partial charge in [-0.15, -0.1) is 0 Å². The van der Waals surface area contributed by atoms with Crippen LogP contribution in [0.3, 0.4) is 0 Å². The Hall–Kier alpha value is -0.0400. The van der Waals surface area contributed by atoms with Gasteiger partial charge in [-0.3, -0.25) is 0 Å². The molecule has 0 unspecified atom stereocenters. The zero-order valence-corrected chi connectivity index (χ0v) is 13.5. The summed E-state index contributed by atoms with van der Waals surface area (Å²) in [5.41, 5.74) is 0. The molecule has 0 rings (SSSR count). The fraction of sp³-hybridized carbons (Fsp3) is 1.00. The molecule has 0 aromatic heterocycles. The maximum Gasteiger partial charge on any atom is 0.0437 e. The molecule has 0 aliphatic heterocycles. The summed E-state index contributed by atoms with van der Waals surface area (Å²) in [4.78, 5) is 0. The van der Waals surface area contributed by atoms with Crippen molar-refractivity contribution in [2.24, 2.45) is 0 Å². The van der Waals surface area contributed by atoms with Gasteiger partial charge in [0.2, 0.25) is 0 Å². The van der Waals surface area contributed by atoms with E-state index in [0.717, 1.165) is 13.2 Å². The summed E-state index contributed by atoms with van der Waals surface area (Å²) in [6.07, 6.45) is 11.1. The first-order chi connectivity index (χ1) is 8.24. The summed E-state index contributed by atoms with van der Waals surface area (Å²) in [6, 6.07) is 0. The highest BCUT2D eigenvalue weighted by Crippen LogP contribution is 2.00.